The van der Waals surface area contributed by atoms with Gasteiger partial charge in [0.25, 0.3) is 0 Å². The fourth-order valence-electron chi connectivity index (χ4n) is 2.31. The number of hydrogen-bond donors (Lipinski definition) is 2. The molecule has 11 heteroatoms. The summed E-state index contributed by atoms with van der Waals surface area (Å²) in [5.41, 5.74) is -3.22. The number of nitrogens with one attached hydrogen (secondary N) is 1. The summed E-state index contributed by atoms with van der Waals surface area (Å²) in [7, 11) is 0. The predicted molar refractivity (Wildman–Crippen MR) is 84.9 cm³/mol. The van der Waals surface area contributed by atoms with E-state index in [0.29, 0.717) is 6.07 Å². The van der Waals surface area contributed by atoms with Crippen LogP contribution in [0.25, 0.3) is 11.3 Å². The van der Waals surface area contributed by atoms with Crippen molar-refractivity contribution in [3.63, 3.8) is 0 Å². The third-order valence-corrected chi connectivity index (χ3v) is 3.69. The summed E-state index contributed by atoms with van der Waals surface area (Å²) in [5, 5.41) is 20.3. The maximum Gasteiger partial charge on any atom is 0.460 e. The van der Waals surface area contributed by atoms with Crippen LogP contribution in [0, 0.1) is 11.3 Å². The van der Waals surface area contributed by atoms with Crippen LogP contribution in [0.1, 0.15) is 11.1 Å². The zero-order valence-electron chi connectivity index (χ0n) is 13.9. The summed E-state index contributed by atoms with van der Waals surface area (Å²) in [4.78, 5) is 3.87. The lowest BCUT2D eigenvalue weighted by molar-refractivity contribution is -0.359. The Morgan fingerprint density at radius 2 is 1.64 bits per heavy atom. The number of hydrogen-bond acceptors (Lipinski definition) is 4. The molecule has 2 rings (SSSR count). The van der Waals surface area contributed by atoms with E-state index in [4.69, 9.17) is 10.4 Å². The summed E-state index contributed by atoms with van der Waals surface area (Å²) in [5.74, 6) is -12.8. The van der Waals surface area contributed by atoms with Crippen molar-refractivity contribution in [3.05, 3.63) is 47.5 Å². The summed E-state index contributed by atoms with van der Waals surface area (Å²) in [6, 6.07) is 8.77. The van der Waals surface area contributed by atoms with Crippen molar-refractivity contribution in [1.82, 2.24) is 4.98 Å². The van der Waals surface area contributed by atoms with Crippen molar-refractivity contribution in [1.29, 1.82) is 5.26 Å². The number of aliphatic hydroxyl groups excluding tert-OH is 1. The SMILES string of the molecule is N#Cc1c(C(F)(F)C(F)(F)C(F)(F)F)cc(-c2ccccc2)nc1NCCO. The van der Waals surface area contributed by atoms with Crippen LogP contribution in [-0.4, -0.2) is 35.3 Å². The Labute approximate surface area is 154 Å². The molecule has 0 aliphatic carbocycles. The molecule has 0 radical (unpaired) electrons. The normalized spacial score (nSPS) is 12.5. The van der Waals surface area contributed by atoms with Gasteiger partial charge in [-0.3, -0.25) is 0 Å². The minimum atomic E-state index is -6.56. The smallest absolute Gasteiger partial charge is 0.395 e. The van der Waals surface area contributed by atoms with Crippen LogP contribution in [0.5, 0.6) is 0 Å². The van der Waals surface area contributed by atoms with Gasteiger partial charge >= 0.3 is 18.0 Å². The molecule has 0 saturated carbocycles. The minimum Gasteiger partial charge on any atom is -0.395 e. The molecule has 2 N–H and O–H groups in total. The molecular formula is C17H12F7N3O. The predicted octanol–water partition coefficient (Wildman–Crippen LogP) is 4.31. The van der Waals surface area contributed by atoms with Gasteiger partial charge in [0.15, 0.2) is 0 Å². The Hall–Kier alpha value is -2.87. The quantitative estimate of drug-likeness (QED) is 0.701. The van der Waals surface area contributed by atoms with Crippen LogP contribution in [0.4, 0.5) is 36.6 Å². The van der Waals surface area contributed by atoms with Crippen LogP contribution < -0.4 is 5.32 Å². The van der Waals surface area contributed by atoms with E-state index in [1.807, 2.05) is 0 Å². The van der Waals surface area contributed by atoms with Crippen molar-refractivity contribution >= 4 is 5.82 Å². The molecule has 0 unspecified atom stereocenters. The number of aromatic nitrogens is 1. The van der Waals surface area contributed by atoms with Crippen molar-refractivity contribution in [2.75, 3.05) is 18.5 Å². The molecule has 0 aliphatic heterocycles. The number of aliphatic hydroxyl groups is 1. The number of nitriles is 1. The van der Waals surface area contributed by atoms with E-state index in [2.05, 4.69) is 10.3 Å². The summed E-state index contributed by atoms with van der Waals surface area (Å²) in [6.07, 6.45) is -6.56. The van der Waals surface area contributed by atoms with Crippen LogP contribution in [-0.2, 0) is 5.92 Å². The number of rotatable bonds is 6. The van der Waals surface area contributed by atoms with E-state index < -0.39 is 41.6 Å². The highest BCUT2D eigenvalue weighted by molar-refractivity contribution is 5.68. The van der Waals surface area contributed by atoms with Gasteiger partial charge in [-0.15, -0.1) is 0 Å². The van der Waals surface area contributed by atoms with Crippen LogP contribution in [0.2, 0.25) is 0 Å². The average Bonchev–Trinajstić information content (AvgIpc) is 2.65. The zero-order chi connectivity index (χ0) is 21.2. The first-order chi connectivity index (χ1) is 13.0. The van der Waals surface area contributed by atoms with Crippen molar-refractivity contribution < 1.29 is 35.8 Å². The number of halogens is 7. The van der Waals surface area contributed by atoms with Crippen molar-refractivity contribution in [3.8, 4) is 17.3 Å². The molecule has 1 heterocycles. The van der Waals surface area contributed by atoms with E-state index in [9.17, 15) is 30.7 Å². The second kappa shape index (κ2) is 7.63. The summed E-state index contributed by atoms with van der Waals surface area (Å²) >= 11 is 0. The maximum atomic E-state index is 14.3. The number of pyridine rings is 1. The molecule has 28 heavy (non-hydrogen) atoms. The fraction of sp³-hybridized carbons (Fsp3) is 0.294. The first kappa shape index (κ1) is 21.4. The first-order valence-corrected chi connectivity index (χ1v) is 7.65. The van der Waals surface area contributed by atoms with Gasteiger partial charge in [-0.25, -0.2) is 4.98 Å². The molecule has 0 spiro atoms. The zero-order valence-corrected chi connectivity index (χ0v) is 13.9. The number of nitrogens with zero attached hydrogens (tertiary/aromatic N) is 2. The van der Waals surface area contributed by atoms with Crippen molar-refractivity contribution in [2.45, 2.75) is 18.0 Å². The molecule has 0 bridgehead atoms. The molecule has 0 saturated heterocycles. The third-order valence-electron chi connectivity index (χ3n) is 3.69. The van der Waals surface area contributed by atoms with Crippen molar-refractivity contribution in [2.24, 2.45) is 0 Å². The van der Waals surface area contributed by atoms with Gasteiger partial charge in [-0.1, -0.05) is 30.3 Å². The second-order valence-corrected chi connectivity index (χ2v) is 5.55. The lowest BCUT2D eigenvalue weighted by atomic mass is 9.95. The largest absolute Gasteiger partial charge is 0.460 e. The maximum absolute atomic E-state index is 14.3. The van der Waals surface area contributed by atoms with Crippen LogP contribution >= 0.6 is 0 Å². The molecule has 0 fully saturated rings. The van der Waals surface area contributed by atoms with E-state index in [1.165, 1.54) is 30.3 Å². The molecule has 150 valence electrons. The van der Waals surface area contributed by atoms with Gasteiger partial charge in [-0.2, -0.15) is 36.0 Å². The number of benzene rings is 1. The van der Waals surface area contributed by atoms with Crippen LogP contribution in [0.15, 0.2) is 36.4 Å². The molecule has 1 aromatic heterocycles. The van der Waals surface area contributed by atoms with Gasteiger partial charge in [0.1, 0.15) is 17.5 Å². The minimum absolute atomic E-state index is 0.145. The Bertz CT molecular complexity index is 877. The highest BCUT2D eigenvalue weighted by Gasteiger charge is 2.74. The molecule has 0 atom stereocenters. The Kier molecular flexibility index (Phi) is 5.84. The van der Waals surface area contributed by atoms with Crippen LogP contribution in [0.3, 0.4) is 0 Å². The second-order valence-electron chi connectivity index (χ2n) is 5.55. The van der Waals surface area contributed by atoms with Gasteiger partial charge in [0, 0.05) is 12.1 Å². The lowest BCUT2D eigenvalue weighted by Gasteiger charge is -2.29. The van der Waals surface area contributed by atoms with E-state index in [0.717, 1.165) is 0 Å². The molecule has 2 aromatic rings. The molecule has 0 aliphatic rings. The standard InChI is InChI=1S/C17H12F7N3O/c18-15(19,16(20,21)17(22,23)24)12-8-13(10-4-2-1-3-5-10)27-14(11(12)9-25)26-6-7-28/h1-5,8,28H,6-7H2,(H,26,27). The Morgan fingerprint density at radius 1 is 1.04 bits per heavy atom. The molecule has 4 nitrogen and oxygen atoms in total. The first-order valence-electron chi connectivity index (χ1n) is 7.65. The molecular weight excluding hydrogens is 395 g/mol. The highest BCUT2D eigenvalue weighted by Crippen LogP contribution is 2.53. The average molecular weight is 407 g/mol. The lowest BCUT2D eigenvalue weighted by Crippen LogP contribution is -2.50. The van der Waals surface area contributed by atoms with E-state index in [1.54, 1.807) is 6.07 Å². The molecule has 1 aromatic carbocycles. The summed E-state index contributed by atoms with van der Waals surface area (Å²) < 4.78 is 93.6. The third kappa shape index (κ3) is 3.73. The topological polar surface area (TPSA) is 68.9 Å². The van der Waals surface area contributed by atoms with E-state index >= 15 is 0 Å². The summed E-state index contributed by atoms with van der Waals surface area (Å²) in [6.45, 7) is -0.840. The van der Waals surface area contributed by atoms with Gasteiger partial charge < -0.3 is 10.4 Å². The number of anilines is 1. The Balaban J connectivity index is 2.79. The molecule has 0 amide bonds. The Morgan fingerprint density at radius 3 is 2.14 bits per heavy atom. The monoisotopic (exact) mass is 407 g/mol. The fourth-order valence-corrected chi connectivity index (χ4v) is 2.31. The van der Waals surface area contributed by atoms with Gasteiger partial charge in [0.2, 0.25) is 0 Å². The van der Waals surface area contributed by atoms with E-state index in [-0.39, 0.29) is 17.8 Å². The van der Waals surface area contributed by atoms with Gasteiger partial charge in [0.05, 0.1) is 17.9 Å². The highest BCUT2D eigenvalue weighted by atomic mass is 19.4. The number of alkyl halides is 7. The van der Waals surface area contributed by atoms with Gasteiger partial charge in [-0.05, 0) is 6.07 Å².